The summed E-state index contributed by atoms with van der Waals surface area (Å²) in [5.41, 5.74) is 6.60. The Morgan fingerprint density at radius 3 is 1.69 bits per heavy atom. The largest absolute Gasteiger partial charge is 0.492 e. The van der Waals surface area contributed by atoms with Crippen LogP contribution in [0.5, 0.6) is 11.5 Å². The van der Waals surface area contributed by atoms with Gasteiger partial charge in [-0.15, -0.1) is 22.7 Å². The lowest BCUT2D eigenvalue weighted by molar-refractivity contribution is 0.171. The van der Waals surface area contributed by atoms with Crippen molar-refractivity contribution in [2.24, 2.45) is 0 Å². The average molecular weight is 683 g/mol. The highest BCUT2D eigenvalue weighted by Crippen LogP contribution is 2.24. The zero-order valence-corrected chi connectivity index (χ0v) is 27.9. The molecule has 12 heteroatoms. The number of rotatable bonds is 16. The van der Waals surface area contributed by atoms with Gasteiger partial charge in [0.05, 0.1) is 23.4 Å². The lowest BCUT2D eigenvalue weighted by Gasteiger charge is -2.12. The van der Waals surface area contributed by atoms with Gasteiger partial charge in [0.25, 0.3) is 0 Å². The number of ether oxygens (including phenoxy) is 2. The van der Waals surface area contributed by atoms with Crippen molar-refractivity contribution in [2.75, 3.05) is 39.4 Å². The van der Waals surface area contributed by atoms with Crippen molar-refractivity contribution in [3.05, 3.63) is 131 Å². The minimum absolute atomic E-state index is 0.470. The van der Waals surface area contributed by atoms with Gasteiger partial charge in [0.15, 0.2) is 0 Å². The summed E-state index contributed by atoms with van der Waals surface area (Å²) >= 11 is 3.20. The third-order valence-electron chi connectivity index (χ3n) is 7.02. The first-order valence-electron chi connectivity index (χ1n) is 15.5. The Hall–Kier alpha value is -4.56. The summed E-state index contributed by atoms with van der Waals surface area (Å²) in [6.45, 7) is 3.33. The van der Waals surface area contributed by atoms with E-state index in [1.807, 2.05) is 89.1 Å². The van der Waals surface area contributed by atoms with Crippen LogP contribution in [0.2, 0.25) is 0 Å². The Morgan fingerprint density at radius 2 is 1.23 bits per heavy atom. The highest BCUT2D eigenvalue weighted by atomic mass is 32.1. The Balaban J connectivity index is 0.000000188. The summed E-state index contributed by atoms with van der Waals surface area (Å²) in [5, 5.41) is 31.4. The number of nitrogens with one attached hydrogen (secondary N) is 2. The van der Waals surface area contributed by atoms with E-state index in [4.69, 9.17) is 9.47 Å². The number of pyridine rings is 2. The van der Waals surface area contributed by atoms with E-state index in [0.717, 1.165) is 44.5 Å². The summed E-state index contributed by atoms with van der Waals surface area (Å²) in [5.74, 6) is 1.65. The standard InChI is InChI=1S/2C18H19N3O2S/c22-17(15-2-1-7-19-12-15)13-20-8-10-23-16-5-3-14(4-6-16)18-21-9-11-24-18;22-18(15-2-1-7-19-10-15)11-20-8-9-23-16-5-3-14(4-6-16)17-12-24-13-21-17/h1-7,9,11-12,17,20,22H,8,10,13H2;1-7,10,12-13,18,20,22H,8-9,11H2/t17-;18-/m00/s1. The zero-order valence-electron chi connectivity index (χ0n) is 26.3. The Kier molecular flexibility index (Phi) is 14.0. The molecule has 0 saturated heterocycles. The van der Waals surface area contributed by atoms with Gasteiger partial charge in [-0.2, -0.15) is 0 Å². The van der Waals surface area contributed by atoms with Crippen LogP contribution in [0.15, 0.2) is 120 Å². The van der Waals surface area contributed by atoms with Crippen LogP contribution in [0, 0.1) is 0 Å². The first-order valence-corrected chi connectivity index (χ1v) is 17.3. The van der Waals surface area contributed by atoms with Gasteiger partial charge in [0.1, 0.15) is 29.7 Å². The van der Waals surface area contributed by atoms with Crippen LogP contribution in [0.25, 0.3) is 21.8 Å². The van der Waals surface area contributed by atoms with Gasteiger partial charge in [-0.3, -0.25) is 9.97 Å². The number of benzene rings is 2. The van der Waals surface area contributed by atoms with Crippen LogP contribution in [0.1, 0.15) is 23.3 Å². The predicted molar refractivity (Wildman–Crippen MR) is 190 cm³/mol. The van der Waals surface area contributed by atoms with E-state index in [1.165, 1.54) is 0 Å². The molecule has 0 bridgehead atoms. The molecule has 4 N–H and O–H groups in total. The summed E-state index contributed by atoms with van der Waals surface area (Å²) in [4.78, 5) is 16.6. The van der Waals surface area contributed by atoms with Gasteiger partial charge < -0.3 is 30.3 Å². The van der Waals surface area contributed by atoms with Crippen LogP contribution < -0.4 is 20.1 Å². The lowest BCUT2D eigenvalue weighted by Crippen LogP contribution is -2.26. The van der Waals surface area contributed by atoms with Crippen molar-refractivity contribution in [3.8, 4) is 33.3 Å². The molecule has 0 aliphatic heterocycles. The molecule has 0 amide bonds. The Bertz CT molecular complexity index is 1560. The van der Waals surface area contributed by atoms with Crippen molar-refractivity contribution in [1.82, 2.24) is 30.6 Å². The molecule has 0 aliphatic rings. The van der Waals surface area contributed by atoms with Crippen molar-refractivity contribution in [2.45, 2.75) is 12.2 Å². The molecule has 4 heterocycles. The Labute approximate surface area is 288 Å². The van der Waals surface area contributed by atoms with Gasteiger partial charge in [-0.05, 0) is 60.7 Å². The fraction of sp³-hybridized carbons (Fsp3) is 0.222. The van der Waals surface area contributed by atoms with Crippen LogP contribution in [0.4, 0.5) is 0 Å². The van der Waals surface area contributed by atoms with Gasteiger partial charge >= 0.3 is 0 Å². The quantitative estimate of drug-likeness (QED) is 0.0927. The second-order valence-corrected chi connectivity index (χ2v) is 12.1. The van der Waals surface area contributed by atoms with Crippen molar-refractivity contribution < 1.29 is 19.7 Å². The number of aliphatic hydroxyl groups excluding tert-OH is 2. The molecular formula is C36H38N6O4S2. The van der Waals surface area contributed by atoms with E-state index < -0.39 is 12.2 Å². The number of hydrogen-bond acceptors (Lipinski definition) is 12. The van der Waals surface area contributed by atoms with Gasteiger partial charge in [0.2, 0.25) is 0 Å². The molecule has 6 aromatic rings. The van der Waals surface area contributed by atoms with E-state index in [0.29, 0.717) is 39.4 Å². The van der Waals surface area contributed by atoms with Gasteiger partial charge in [0, 0.05) is 90.2 Å². The van der Waals surface area contributed by atoms with Crippen LogP contribution in [-0.4, -0.2) is 69.5 Å². The van der Waals surface area contributed by atoms with Crippen LogP contribution in [-0.2, 0) is 0 Å². The molecule has 48 heavy (non-hydrogen) atoms. The van der Waals surface area contributed by atoms with Gasteiger partial charge in [-0.25, -0.2) is 9.97 Å². The fourth-order valence-corrected chi connectivity index (χ4v) is 5.68. The summed E-state index contributed by atoms with van der Waals surface area (Å²) in [6.07, 6.45) is 7.41. The Morgan fingerprint density at radius 1 is 0.667 bits per heavy atom. The molecule has 0 radical (unpaired) electrons. The molecule has 248 valence electrons. The number of nitrogens with zero attached hydrogens (tertiary/aromatic N) is 4. The van der Waals surface area contributed by atoms with Crippen molar-refractivity contribution in [1.29, 1.82) is 0 Å². The monoisotopic (exact) mass is 682 g/mol. The summed E-state index contributed by atoms with van der Waals surface area (Å²) in [7, 11) is 0. The highest BCUT2D eigenvalue weighted by Gasteiger charge is 2.08. The summed E-state index contributed by atoms with van der Waals surface area (Å²) < 4.78 is 11.4. The second kappa shape index (κ2) is 19.3. The predicted octanol–water partition coefficient (Wildman–Crippen LogP) is 5.81. The molecule has 10 nitrogen and oxygen atoms in total. The highest BCUT2D eigenvalue weighted by molar-refractivity contribution is 7.13. The third-order valence-corrected chi connectivity index (χ3v) is 8.43. The molecule has 2 atom stereocenters. The second-order valence-electron chi connectivity index (χ2n) is 10.5. The molecule has 6 rings (SSSR count). The van der Waals surface area contributed by atoms with Crippen molar-refractivity contribution >= 4 is 22.7 Å². The fourth-order valence-electron chi connectivity index (χ4n) is 4.48. The molecule has 4 aromatic heterocycles. The number of thiazole rings is 2. The lowest BCUT2D eigenvalue weighted by atomic mass is 10.1. The van der Waals surface area contributed by atoms with E-state index >= 15 is 0 Å². The first-order chi connectivity index (χ1) is 23.7. The molecule has 0 fully saturated rings. The van der Waals surface area contributed by atoms with E-state index in [1.54, 1.807) is 53.7 Å². The topological polar surface area (TPSA) is 135 Å². The summed E-state index contributed by atoms with van der Waals surface area (Å²) in [6, 6.07) is 23.2. The first kappa shape index (κ1) is 34.8. The maximum absolute atomic E-state index is 10.0. The molecule has 0 spiro atoms. The van der Waals surface area contributed by atoms with Gasteiger partial charge in [-0.1, -0.05) is 12.1 Å². The molecule has 2 aromatic carbocycles. The maximum Gasteiger partial charge on any atom is 0.123 e. The molecule has 0 aliphatic carbocycles. The minimum atomic E-state index is -0.559. The zero-order chi connectivity index (χ0) is 33.2. The SMILES string of the molecule is O[C@@H](CNCCOc1ccc(-c2cscn2)cc1)c1cccnc1.O[C@@H](CNCCOc1ccc(-c2nccs2)cc1)c1cccnc1. The molecule has 0 unspecified atom stereocenters. The molecule has 0 saturated carbocycles. The average Bonchev–Trinajstić information content (AvgIpc) is 3.89. The van der Waals surface area contributed by atoms with E-state index in [-0.39, 0.29) is 0 Å². The number of hydrogen-bond donors (Lipinski definition) is 4. The van der Waals surface area contributed by atoms with Crippen molar-refractivity contribution in [3.63, 3.8) is 0 Å². The number of aliphatic hydroxyl groups is 2. The normalized spacial score (nSPS) is 12.0. The van der Waals surface area contributed by atoms with Crippen LogP contribution >= 0.6 is 22.7 Å². The van der Waals surface area contributed by atoms with E-state index in [9.17, 15) is 10.2 Å². The third kappa shape index (κ3) is 11.3. The van der Waals surface area contributed by atoms with Crippen LogP contribution in [0.3, 0.4) is 0 Å². The minimum Gasteiger partial charge on any atom is -0.492 e. The van der Waals surface area contributed by atoms with E-state index in [2.05, 4.69) is 30.6 Å². The smallest absolute Gasteiger partial charge is 0.123 e. The maximum atomic E-state index is 10.0. The molecular weight excluding hydrogens is 645 g/mol. The number of aromatic nitrogens is 4.